The first-order chi connectivity index (χ1) is 12.4. The second-order valence-electron chi connectivity index (χ2n) is 5.50. The van der Waals surface area contributed by atoms with Crippen molar-refractivity contribution >= 4 is 26.0 Å². The van der Waals surface area contributed by atoms with Crippen molar-refractivity contribution in [3.63, 3.8) is 0 Å². The Morgan fingerprint density at radius 3 is 2.58 bits per heavy atom. The van der Waals surface area contributed by atoms with Crippen LogP contribution in [0, 0.1) is 0 Å². The summed E-state index contributed by atoms with van der Waals surface area (Å²) in [5.74, 6) is 0.680. The van der Waals surface area contributed by atoms with E-state index in [4.69, 9.17) is 9.47 Å². The van der Waals surface area contributed by atoms with Crippen molar-refractivity contribution in [2.24, 2.45) is 0 Å². The minimum Gasteiger partial charge on any atom is -0.497 e. The number of halogens is 1. The van der Waals surface area contributed by atoms with Gasteiger partial charge in [0.1, 0.15) is 16.4 Å². The number of ether oxygens (including phenoxy) is 2. The van der Waals surface area contributed by atoms with E-state index in [0.717, 1.165) is 4.47 Å². The average Bonchev–Trinajstić information content (AvgIpc) is 2.63. The predicted molar refractivity (Wildman–Crippen MR) is 102 cm³/mol. The number of hydrogen-bond acceptors (Lipinski definition) is 5. The van der Waals surface area contributed by atoms with Crippen molar-refractivity contribution in [3.8, 4) is 11.5 Å². The zero-order valence-electron chi connectivity index (χ0n) is 14.6. The number of pyridine rings is 1. The molecule has 0 aliphatic heterocycles. The number of hydrogen-bond donors (Lipinski definition) is 1. The molecule has 9 heteroatoms. The number of nitrogens with one attached hydrogen (secondary N) is 1. The highest BCUT2D eigenvalue weighted by molar-refractivity contribution is 9.10. The smallest absolute Gasteiger partial charge is 0.250 e. The van der Waals surface area contributed by atoms with Gasteiger partial charge in [-0.05, 0) is 47.0 Å². The predicted octanol–water partition coefficient (Wildman–Crippen LogP) is 2.39. The average molecular weight is 445 g/mol. The molecule has 7 nitrogen and oxygen atoms in total. The molecule has 0 aliphatic rings. The van der Waals surface area contributed by atoms with E-state index in [9.17, 15) is 13.2 Å². The van der Waals surface area contributed by atoms with Crippen LogP contribution in [0.5, 0.6) is 11.5 Å². The minimum atomic E-state index is -3.73. The molecule has 1 aromatic heterocycles. The number of aryl methyl sites for hydroxylation is 1. The monoisotopic (exact) mass is 444 g/mol. The van der Waals surface area contributed by atoms with E-state index in [1.165, 1.54) is 26.4 Å². The third-order valence-electron chi connectivity index (χ3n) is 3.73. The Balaban J connectivity index is 1.94. The van der Waals surface area contributed by atoms with Crippen molar-refractivity contribution < 1.29 is 17.9 Å². The van der Waals surface area contributed by atoms with Gasteiger partial charge in [-0.25, -0.2) is 13.1 Å². The first-order valence-electron chi connectivity index (χ1n) is 7.95. The van der Waals surface area contributed by atoms with Gasteiger partial charge < -0.3 is 14.0 Å². The molecule has 1 N–H and O–H groups in total. The maximum atomic E-state index is 12.5. The molecule has 1 heterocycles. The molecule has 0 atom stereocenters. The van der Waals surface area contributed by atoms with Gasteiger partial charge in [0, 0.05) is 35.9 Å². The first-order valence-corrected chi connectivity index (χ1v) is 10.2. The summed E-state index contributed by atoms with van der Waals surface area (Å²) in [6.45, 7) is 0.772. The Hall–Kier alpha value is -1.84. The Bertz CT molecular complexity index is 912. The van der Waals surface area contributed by atoms with Crippen LogP contribution >= 0.6 is 15.9 Å². The number of aromatic nitrogens is 1. The Kier molecular flexibility index (Phi) is 7.24. The van der Waals surface area contributed by atoms with Crippen molar-refractivity contribution in [3.05, 3.63) is 51.4 Å². The van der Waals surface area contributed by atoms with Gasteiger partial charge in [-0.1, -0.05) is 0 Å². The molecule has 2 aromatic rings. The van der Waals surface area contributed by atoms with E-state index in [1.54, 1.807) is 29.0 Å². The van der Waals surface area contributed by atoms with Crippen LogP contribution in [-0.2, 0) is 16.6 Å². The summed E-state index contributed by atoms with van der Waals surface area (Å²) >= 11 is 3.32. The Labute approximate surface area is 161 Å². The maximum absolute atomic E-state index is 12.5. The number of benzene rings is 1. The maximum Gasteiger partial charge on any atom is 0.250 e. The molecule has 0 aliphatic carbocycles. The summed E-state index contributed by atoms with van der Waals surface area (Å²) in [7, 11) is -0.846. The summed E-state index contributed by atoms with van der Waals surface area (Å²) in [4.78, 5) is 11.7. The number of sulfonamides is 1. The third kappa shape index (κ3) is 5.33. The quantitative estimate of drug-likeness (QED) is 0.599. The molecule has 26 heavy (non-hydrogen) atoms. The lowest BCUT2D eigenvalue weighted by Gasteiger charge is -2.12. The van der Waals surface area contributed by atoms with Crippen LogP contribution in [0.15, 0.2) is 50.7 Å². The SMILES string of the molecule is COc1ccc(OC)c(S(=O)(=O)NCCCCn2cc(Br)ccc2=O)c1. The molecule has 0 spiro atoms. The highest BCUT2D eigenvalue weighted by Crippen LogP contribution is 2.27. The lowest BCUT2D eigenvalue weighted by molar-refractivity contribution is 0.392. The van der Waals surface area contributed by atoms with Crippen LogP contribution in [0.2, 0.25) is 0 Å². The topological polar surface area (TPSA) is 86.6 Å². The van der Waals surface area contributed by atoms with Crippen LogP contribution in [0.4, 0.5) is 0 Å². The fourth-order valence-electron chi connectivity index (χ4n) is 2.36. The van der Waals surface area contributed by atoms with E-state index in [2.05, 4.69) is 20.7 Å². The van der Waals surface area contributed by atoms with Gasteiger partial charge in [0.05, 0.1) is 14.2 Å². The lowest BCUT2D eigenvalue weighted by Crippen LogP contribution is -2.26. The standard InChI is InChI=1S/C17H21BrN2O5S/c1-24-14-6-7-15(25-2)16(11-14)26(22,23)19-9-3-4-10-20-12-13(18)5-8-17(20)21/h5-8,11-12,19H,3-4,9-10H2,1-2H3. The van der Waals surface area contributed by atoms with Gasteiger partial charge >= 0.3 is 0 Å². The van der Waals surface area contributed by atoms with Crippen molar-refractivity contribution in [2.45, 2.75) is 24.3 Å². The summed E-state index contributed by atoms with van der Waals surface area (Å²) in [6.07, 6.45) is 2.96. The fourth-order valence-corrected chi connectivity index (χ4v) is 4.00. The number of methoxy groups -OCH3 is 2. The van der Waals surface area contributed by atoms with Crippen molar-refractivity contribution in [1.82, 2.24) is 9.29 Å². The Morgan fingerprint density at radius 2 is 1.88 bits per heavy atom. The largest absolute Gasteiger partial charge is 0.497 e. The molecular weight excluding hydrogens is 424 g/mol. The van der Waals surface area contributed by atoms with Crippen LogP contribution in [0.25, 0.3) is 0 Å². The van der Waals surface area contributed by atoms with E-state index in [1.807, 2.05) is 0 Å². The van der Waals surface area contributed by atoms with Crippen LogP contribution in [0.3, 0.4) is 0 Å². The van der Waals surface area contributed by atoms with E-state index in [-0.39, 0.29) is 22.7 Å². The van der Waals surface area contributed by atoms with Crippen LogP contribution in [-0.4, -0.2) is 33.7 Å². The van der Waals surface area contributed by atoms with Gasteiger partial charge in [0.2, 0.25) is 10.0 Å². The number of nitrogens with zero attached hydrogens (tertiary/aromatic N) is 1. The number of rotatable bonds is 9. The summed E-state index contributed by atoms with van der Waals surface area (Å²) in [5.41, 5.74) is -0.0881. The molecule has 0 bridgehead atoms. The summed E-state index contributed by atoms with van der Waals surface area (Å²) < 4.78 is 40.2. The molecular formula is C17H21BrN2O5S. The van der Waals surface area contributed by atoms with Crippen LogP contribution < -0.4 is 19.8 Å². The molecule has 0 amide bonds. The van der Waals surface area contributed by atoms with E-state index >= 15 is 0 Å². The first kappa shape index (κ1) is 20.5. The Morgan fingerprint density at radius 1 is 1.12 bits per heavy atom. The van der Waals surface area contributed by atoms with Crippen molar-refractivity contribution in [1.29, 1.82) is 0 Å². The lowest BCUT2D eigenvalue weighted by atomic mass is 10.3. The van der Waals surface area contributed by atoms with Gasteiger partial charge in [-0.15, -0.1) is 0 Å². The normalized spacial score (nSPS) is 11.3. The molecule has 0 fully saturated rings. The zero-order valence-corrected chi connectivity index (χ0v) is 17.0. The molecule has 0 unspecified atom stereocenters. The zero-order chi connectivity index (χ0) is 19.2. The van der Waals surface area contributed by atoms with E-state index < -0.39 is 10.0 Å². The minimum absolute atomic E-state index is 0.0301. The highest BCUT2D eigenvalue weighted by atomic mass is 79.9. The summed E-state index contributed by atoms with van der Waals surface area (Å²) in [6, 6.07) is 7.78. The van der Waals surface area contributed by atoms with Crippen molar-refractivity contribution in [2.75, 3.05) is 20.8 Å². The second-order valence-corrected chi connectivity index (χ2v) is 8.15. The van der Waals surface area contributed by atoms with E-state index in [0.29, 0.717) is 25.1 Å². The number of unbranched alkanes of at least 4 members (excludes halogenated alkanes) is 1. The summed E-state index contributed by atoms with van der Waals surface area (Å²) in [5, 5.41) is 0. The molecule has 0 saturated heterocycles. The van der Waals surface area contributed by atoms with Gasteiger partial charge in [-0.3, -0.25) is 4.79 Å². The van der Waals surface area contributed by atoms with Crippen LogP contribution in [0.1, 0.15) is 12.8 Å². The molecule has 0 saturated carbocycles. The second kappa shape index (κ2) is 9.20. The van der Waals surface area contributed by atoms with Gasteiger partial charge in [0.25, 0.3) is 5.56 Å². The molecule has 2 rings (SSSR count). The fraction of sp³-hybridized carbons (Fsp3) is 0.353. The molecule has 0 radical (unpaired) electrons. The van der Waals surface area contributed by atoms with Gasteiger partial charge in [-0.2, -0.15) is 0 Å². The third-order valence-corrected chi connectivity index (χ3v) is 5.68. The molecule has 1 aromatic carbocycles. The highest BCUT2D eigenvalue weighted by Gasteiger charge is 2.20. The molecule has 142 valence electrons. The van der Waals surface area contributed by atoms with Gasteiger partial charge in [0.15, 0.2) is 0 Å².